The van der Waals surface area contributed by atoms with Gasteiger partial charge in [0.2, 0.25) is 10.0 Å². The summed E-state index contributed by atoms with van der Waals surface area (Å²) in [6.45, 7) is 4.38. The Morgan fingerprint density at radius 2 is 1.60 bits per heavy atom. The highest BCUT2D eigenvalue weighted by Gasteiger charge is 2.46. The van der Waals surface area contributed by atoms with Crippen molar-refractivity contribution in [3.8, 4) is 0 Å². The number of imide groups is 1. The number of hydrogen-bond acceptors (Lipinski definition) is 8. The summed E-state index contributed by atoms with van der Waals surface area (Å²) < 4.78 is 41.1. The van der Waals surface area contributed by atoms with Crippen LogP contribution in [0.3, 0.4) is 0 Å². The average Bonchev–Trinajstić information content (AvgIpc) is 3.63. The monoisotopic (exact) mass is 635 g/mol. The van der Waals surface area contributed by atoms with Crippen molar-refractivity contribution in [3.05, 3.63) is 95.6 Å². The summed E-state index contributed by atoms with van der Waals surface area (Å²) >= 11 is 0. The van der Waals surface area contributed by atoms with Crippen LogP contribution in [0, 0.1) is 11.8 Å². The summed E-state index contributed by atoms with van der Waals surface area (Å²) in [6, 6.07) is 20.1. The number of nitrogens with zero attached hydrogens (tertiary/aromatic N) is 2. The third kappa shape index (κ3) is 6.79. The van der Waals surface area contributed by atoms with Crippen molar-refractivity contribution < 1.29 is 37.4 Å². The van der Waals surface area contributed by atoms with Crippen LogP contribution in [0.1, 0.15) is 46.5 Å². The number of benzene rings is 3. The molecule has 0 saturated carbocycles. The van der Waals surface area contributed by atoms with Gasteiger partial charge in [-0.3, -0.25) is 9.59 Å². The molecule has 0 radical (unpaired) electrons. The number of carbonyl (C=O) groups is 3. The van der Waals surface area contributed by atoms with E-state index >= 15 is 0 Å². The Labute approximate surface area is 262 Å². The predicted octanol–water partition coefficient (Wildman–Crippen LogP) is 3.61. The molecule has 12 heteroatoms. The summed E-state index contributed by atoms with van der Waals surface area (Å²) in [4.78, 5) is 38.9. The maximum Gasteiger partial charge on any atom is 0.404 e. The van der Waals surface area contributed by atoms with Gasteiger partial charge in [0.05, 0.1) is 34.4 Å². The Hall–Kier alpha value is -4.10. The number of rotatable bonds is 12. The third-order valence-corrected chi connectivity index (χ3v) is 9.98. The van der Waals surface area contributed by atoms with Crippen LogP contribution in [-0.4, -0.2) is 73.7 Å². The first-order valence-corrected chi connectivity index (χ1v) is 16.3. The summed E-state index contributed by atoms with van der Waals surface area (Å²) in [7, 11) is -4.28. The molecule has 45 heavy (non-hydrogen) atoms. The van der Waals surface area contributed by atoms with Gasteiger partial charge in [-0.15, -0.1) is 0 Å². The van der Waals surface area contributed by atoms with Crippen LogP contribution < -0.4 is 10.6 Å². The molecular weight excluding hydrogens is 598 g/mol. The minimum absolute atomic E-state index is 0.0509. The number of ether oxygens (including phenoxy) is 2. The Morgan fingerprint density at radius 3 is 2.13 bits per heavy atom. The molecule has 0 aliphatic carbocycles. The smallest absolute Gasteiger partial charge is 0.404 e. The molecule has 1 saturated heterocycles. The molecule has 1 unspecified atom stereocenters. The van der Waals surface area contributed by atoms with Gasteiger partial charge < -0.3 is 20.3 Å². The van der Waals surface area contributed by atoms with Crippen LogP contribution in [-0.2, 0) is 25.9 Å². The molecule has 3 aromatic carbocycles. The van der Waals surface area contributed by atoms with Gasteiger partial charge in [-0.1, -0.05) is 56.3 Å². The van der Waals surface area contributed by atoms with Crippen molar-refractivity contribution in [1.29, 1.82) is 0 Å². The second kappa shape index (κ2) is 13.5. The number of aliphatic hydroxyl groups is 1. The topological polar surface area (TPSA) is 157 Å². The van der Waals surface area contributed by atoms with E-state index in [4.69, 9.17) is 15.2 Å². The maximum absolute atomic E-state index is 14.4. The predicted molar refractivity (Wildman–Crippen MR) is 166 cm³/mol. The third-order valence-electron chi connectivity index (χ3n) is 8.10. The Morgan fingerprint density at radius 1 is 1.00 bits per heavy atom. The number of sulfonamides is 1. The van der Waals surface area contributed by atoms with Crippen molar-refractivity contribution in [2.24, 2.45) is 17.6 Å². The van der Waals surface area contributed by atoms with Gasteiger partial charge in [-0.25, -0.2) is 18.1 Å². The highest BCUT2D eigenvalue weighted by atomic mass is 32.2. The van der Waals surface area contributed by atoms with Crippen LogP contribution in [0.4, 0.5) is 10.5 Å². The van der Waals surface area contributed by atoms with Crippen LogP contribution in [0.15, 0.2) is 83.8 Å². The molecule has 238 valence electrons. The summed E-state index contributed by atoms with van der Waals surface area (Å²) in [5.41, 5.74) is 6.96. The molecule has 0 bridgehead atoms. The lowest BCUT2D eigenvalue weighted by atomic mass is 9.88. The fourth-order valence-corrected chi connectivity index (χ4v) is 7.88. The zero-order valence-corrected chi connectivity index (χ0v) is 25.9. The lowest BCUT2D eigenvalue weighted by Gasteiger charge is -2.40. The molecule has 0 aromatic heterocycles. The van der Waals surface area contributed by atoms with Gasteiger partial charge >= 0.3 is 6.09 Å². The maximum atomic E-state index is 14.4. The fourth-order valence-electron chi connectivity index (χ4n) is 6.02. The quantitative estimate of drug-likeness (QED) is 0.286. The van der Waals surface area contributed by atoms with Gasteiger partial charge in [-0.2, -0.15) is 4.31 Å². The zero-order chi connectivity index (χ0) is 32.3. The number of carbonyl (C=O) groups excluding carboxylic acids is 3. The second-order valence-electron chi connectivity index (χ2n) is 11.7. The van der Waals surface area contributed by atoms with Gasteiger partial charge in [0.25, 0.3) is 11.8 Å². The lowest BCUT2D eigenvalue weighted by Crippen LogP contribution is -2.57. The van der Waals surface area contributed by atoms with Gasteiger partial charge in [0, 0.05) is 25.5 Å². The van der Waals surface area contributed by atoms with Crippen LogP contribution in [0.25, 0.3) is 0 Å². The van der Waals surface area contributed by atoms with E-state index in [9.17, 15) is 27.9 Å². The molecule has 2 aliphatic rings. The van der Waals surface area contributed by atoms with E-state index in [-0.39, 0.29) is 47.2 Å². The lowest BCUT2D eigenvalue weighted by molar-refractivity contribution is -0.0443. The fraction of sp³-hybridized carbons (Fsp3) is 0.364. The number of primary amides is 1. The zero-order valence-electron chi connectivity index (χ0n) is 25.1. The number of anilines is 1. The van der Waals surface area contributed by atoms with Crippen molar-refractivity contribution >= 4 is 33.6 Å². The van der Waals surface area contributed by atoms with E-state index < -0.39 is 52.1 Å². The Balaban J connectivity index is 1.50. The van der Waals surface area contributed by atoms with Gasteiger partial charge in [-0.05, 0) is 54.3 Å². The van der Waals surface area contributed by atoms with Crippen molar-refractivity contribution in [3.63, 3.8) is 0 Å². The Kier molecular flexibility index (Phi) is 9.68. The van der Waals surface area contributed by atoms with Gasteiger partial charge in [0.15, 0.2) is 0 Å². The average molecular weight is 636 g/mol. The second-order valence-corrected chi connectivity index (χ2v) is 13.6. The minimum atomic E-state index is -4.28. The molecule has 4 atom stereocenters. The molecule has 3 amide bonds. The number of fused-ring (bicyclic) bond motifs is 1. The van der Waals surface area contributed by atoms with E-state index in [1.165, 1.54) is 28.6 Å². The van der Waals surface area contributed by atoms with Crippen molar-refractivity contribution in [2.45, 2.75) is 49.8 Å². The molecule has 1 fully saturated rings. The van der Waals surface area contributed by atoms with Crippen LogP contribution in [0.2, 0.25) is 0 Å². The van der Waals surface area contributed by atoms with Gasteiger partial charge in [0.1, 0.15) is 12.2 Å². The number of aliphatic hydroxyl groups excluding tert-OH is 1. The van der Waals surface area contributed by atoms with Crippen molar-refractivity contribution in [1.82, 2.24) is 4.31 Å². The molecule has 2 heterocycles. The van der Waals surface area contributed by atoms with E-state index in [2.05, 4.69) is 0 Å². The van der Waals surface area contributed by atoms with Crippen LogP contribution >= 0.6 is 0 Å². The standard InChI is InChI=1S/C33H37N3O8S/c1-21(2)19-35(29(23-16-17-43-20-23)30(37)28(44-33(34)40)18-22-8-4-3-5-9-22)45(41,42)25-14-12-24(13-15-25)36-31(38)26-10-6-7-11-27(26)32(36)39/h3-15,21,23,28-30,37H,16-20H2,1-2H3,(H2,34,40)/t23?,28-,29-,30-/m0/s1. The Bertz CT molecular complexity index is 1600. The van der Waals surface area contributed by atoms with E-state index in [0.29, 0.717) is 13.0 Å². The highest BCUT2D eigenvalue weighted by molar-refractivity contribution is 7.89. The molecule has 5 rings (SSSR count). The van der Waals surface area contributed by atoms with Crippen molar-refractivity contribution in [2.75, 3.05) is 24.7 Å². The SMILES string of the molecule is CC(C)CN([C@@H](C1CCOC1)[C@@H](O)[C@H](Cc1ccccc1)OC(N)=O)S(=O)(=O)c1ccc(N2C(=O)c3ccccc3C2=O)cc1. The first-order chi connectivity index (χ1) is 21.5. The first kappa shape index (κ1) is 32.3. The van der Waals surface area contributed by atoms with E-state index in [1.807, 2.05) is 44.2 Å². The number of hydrogen-bond donors (Lipinski definition) is 2. The summed E-state index contributed by atoms with van der Waals surface area (Å²) in [5.74, 6) is -1.52. The summed E-state index contributed by atoms with van der Waals surface area (Å²) in [6.07, 6.45) is -3.08. The van der Waals surface area contributed by atoms with E-state index in [0.717, 1.165) is 10.5 Å². The molecular formula is C33H37N3O8S. The normalized spacial score (nSPS) is 18.7. The first-order valence-electron chi connectivity index (χ1n) is 14.8. The van der Waals surface area contributed by atoms with E-state index in [1.54, 1.807) is 24.3 Å². The molecule has 3 N–H and O–H groups in total. The highest BCUT2D eigenvalue weighted by Crippen LogP contribution is 2.34. The largest absolute Gasteiger partial charge is 0.443 e. The van der Waals surface area contributed by atoms with Crippen LogP contribution in [0.5, 0.6) is 0 Å². The summed E-state index contributed by atoms with van der Waals surface area (Å²) in [5, 5.41) is 11.9. The minimum Gasteiger partial charge on any atom is -0.443 e. The number of amides is 3. The number of nitrogens with two attached hydrogens (primary N) is 1. The molecule has 11 nitrogen and oxygen atoms in total. The molecule has 2 aliphatic heterocycles. The molecule has 0 spiro atoms. The molecule has 3 aromatic rings.